The molecule has 18 heavy (non-hydrogen) atoms. The van der Waals surface area contributed by atoms with Crippen LogP contribution in [0, 0.1) is 4.64 Å². The molecule has 4 nitrogen and oxygen atoms in total. The highest BCUT2D eigenvalue weighted by Crippen LogP contribution is 2.30. The molecule has 1 aliphatic rings. The standard InChI is InChI=1S/C13H21N3OS/c1-17-8-7-14-11-9-12(18)16-13(15-11)10-5-3-2-4-6-10/h9-10H,2-8H2,1H3,(H2,14,15,16,18). The van der Waals surface area contributed by atoms with Crippen molar-refractivity contribution in [2.75, 3.05) is 25.6 Å². The van der Waals surface area contributed by atoms with E-state index in [1.165, 1.54) is 32.1 Å². The molecule has 0 spiro atoms. The summed E-state index contributed by atoms with van der Waals surface area (Å²) in [5.74, 6) is 2.54. The van der Waals surface area contributed by atoms with E-state index < -0.39 is 0 Å². The molecular formula is C13H21N3OS. The number of rotatable bonds is 5. The Labute approximate surface area is 113 Å². The summed E-state index contributed by atoms with van der Waals surface area (Å²) in [5.41, 5.74) is 0. The van der Waals surface area contributed by atoms with Gasteiger partial charge in [-0.2, -0.15) is 0 Å². The van der Waals surface area contributed by atoms with Crippen molar-refractivity contribution < 1.29 is 4.74 Å². The lowest BCUT2D eigenvalue weighted by molar-refractivity contribution is 0.210. The van der Waals surface area contributed by atoms with Gasteiger partial charge in [0, 0.05) is 25.6 Å². The van der Waals surface area contributed by atoms with E-state index in [2.05, 4.69) is 15.3 Å². The van der Waals surface area contributed by atoms with Gasteiger partial charge in [0.25, 0.3) is 0 Å². The van der Waals surface area contributed by atoms with Gasteiger partial charge in [-0.15, -0.1) is 0 Å². The molecule has 0 aliphatic heterocycles. The molecule has 5 heteroatoms. The second-order valence-corrected chi connectivity index (χ2v) is 5.19. The van der Waals surface area contributed by atoms with Gasteiger partial charge in [-0.1, -0.05) is 31.5 Å². The number of hydrogen-bond acceptors (Lipinski definition) is 4. The molecule has 0 unspecified atom stereocenters. The number of anilines is 1. The number of nitrogens with one attached hydrogen (secondary N) is 2. The van der Waals surface area contributed by atoms with Gasteiger partial charge in [0.2, 0.25) is 0 Å². The van der Waals surface area contributed by atoms with Crippen molar-refractivity contribution >= 4 is 18.0 Å². The van der Waals surface area contributed by atoms with E-state index in [4.69, 9.17) is 17.0 Å². The van der Waals surface area contributed by atoms with Crippen LogP contribution in [0.3, 0.4) is 0 Å². The summed E-state index contributed by atoms with van der Waals surface area (Å²) in [5, 5.41) is 3.28. The number of ether oxygens (including phenoxy) is 1. The highest BCUT2D eigenvalue weighted by Gasteiger charge is 2.17. The number of methoxy groups -OCH3 is 1. The van der Waals surface area contributed by atoms with Crippen LogP contribution in [-0.2, 0) is 4.74 Å². The van der Waals surface area contributed by atoms with Gasteiger partial charge < -0.3 is 15.0 Å². The smallest absolute Gasteiger partial charge is 0.131 e. The molecular weight excluding hydrogens is 246 g/mol. The van der Waals surface area contributed by atoms with E-state index in [0.29, 0.717) is 17.2 Å². The van der Waals surface area contributed by atoms with Crippen molar-refractivity contribution in [1.29, 1.82) is 0 Å². The third-order valence-electron chi connectivity index (χ3n) is 3.37. The number of hydrogen-bond donors (Lipinski definition) is 2. The molecule has 1 aromatic rings. The maximum Gasteiger partial charge on any atom is 0.131 e. The van der Waals surface area contributed by atoms with E-state index >= 15 is 0 Å². The first kappa shape index (κ1) is 13.5. The summed E-state index contributed by atoms with van der Waals surface area (Å²) in [7, 11) is 1.70. The molecule has 1 heterocycles. The van der Waals surface area contributed by atoms with E-state index in [-0.39, 0.29) is 0 Å². The first-order chi connectivity index (χ1) is 8.79. The molecule has 1 fully saturated rings. The Morgan fingerprint density at radius 1 is 1.44 bits per heavy atom. The van der Waals surface area contributed by atoms with E-state index in [1.54, 1.807) is 7.11 Å². The summed E-state index contributed by atoms with van der Waals surface area (Å²) in [6.07, 6.45) is 6.39. The molecule has 0 atom stereocenters. The minimum atomic E-state index is 0.546. The summed E-state index contributed by atoms with van der Waals surface area (Å²) in [4.78, 5) is 7.84. The lowest BCUT2D eigenvalue weighted by atomic mass is 9.89. The molecule has 0 bridgehead atoms. The van der Waals surface area contributed by atoms with Gasteiger partial charge in [0.05, 0.1) is 6.61 Å². The van der Waals surface area contributed by atoms with Crippen LogP contribution in [0.2, 0.25) is 0 Å². The summed E-state index contributed by atoms with van der Waals surface area (Å²) in [6.45, 7) is 1.46. The molecule has 100 valence electrons. The Kier molecular flexibility index (Phi) is 5.13. The van der Waals surface area contributed by atoms with Gasteiger partial charge in [-0.05, 0) is 12.8 Å². The Morgan fingerprint density at radius 3 is 2.94 bits per heavy atom. The second-order valence-electron chi connectivity index (χ2n) is 4.77. The van der Waals surface area contributed by atoms with Crippen LogP contribution in [0.25, 0.3) is 0 Å². The predicted molar refractivity (Wildman–Crippen MR) is 75.6 cm³/mol. The zero-order valence-corrected chi connectivity index (χ0v) is 11.7. The Balaban J connectivity index is 2.07. The van der Waals surface area contributed by atoms with Crippen LogP contribution in [-0.4, -0.2) is 30.2 Å². The fourth-order valence-corrected chi connectivity index (χ4v) is 2.65. The SMILES string of the molecule is COCCNc1cc(=S)nc(C2CCCCC2)[nH]1. The molecule has 0 aromatic carbocycles. The van der Waals surface area contributed by atoms with Gasteiger partial charge in [-0.25, -0.2) is 4.98 Å². The topological polar surface area (TPSA) is 49.9 Å². The average Bonchev–Trinajstić information content (AvgIpc) is 2.39. The van der Waals surface area contributed by atoms with Crippen molar-refractivity contribution in [2.45, 2.75) is 38.0 Å². The summed E-state index contributed by atoms with van der Waals surface area (Å²) in [6, 6.07) is 1.87. The van der Waals surface area contributed by atoms with Crippen LogP contribution in [0.5, 0.6) is 0 Å². The van der Waals surface area contributed by atoms with E-state index in [1.807, 2.05) is 6.07 Å². The van der Waals surface area contributed by atoms with Crippen LogP contribution in [0.1, 0.15) is 43.8 Å². The maximum absolute atomic E-state index is 5.23. The molecule has 2 N–H and O–H groups in total. The summed E-state index contributed by atoms with van der Waals surface area (Å²) < 4.78 is 5.68. The van der Waals surface area contributed by atoms with Crippen LogP contribution in [0.4, 0.5) is 5.82 Å². The van der Waals surface area contributed by atoms with E-state index in [0.717, 1.165) is 18.2 Å². The van der Waals surface area contributed by atoms with Gasteiger partial charge in [0.15, 0.2) is 0 Å². The van der Waals surface area contributed by atoms with Crippen LogP contribution < -0.4 is 5.32 Å². The van der Waals surface area contributed by atoms with Crippen molar-refractivity contribution in [3.05, 3.63) is 16.5 Å². The van der Waals surface area contributed by atoms with Crippen LogP contribution >= 0.6 is 12.2 Å². The molecule has 0 amide bonds. The second kappa shape index (κ2) is 6.85. The van der Waals surface area contributed by atoms with Gasteiger partial charge >= 0.3 is 0 Å². The first-order valence-electron chi connectivity index (χ1n) is 6.63. The van der Waals surface area contributed by atoms with Crippen molar-refractivity contribution in [2.24, 2.45) is 0 Å². The van der Waals surface area contributed by atoms with Gasteiger partial charge in [-0.3, -0.25) is 0 Å². The highest BCUT2D eigenvalue weighted by molar-refractivity contribution is 7.71. The Hall–Kier alpha value is -0.940. The van der Waals surface area contributed by atoms with Crippen molar-refractivity contribution in [1.82, 2.24) is 9.97 Å². The molecule has 2 rings (SSSR count). The predicted octanol–water partition coefficient (Wildman–Crippen LogP) is 3.25. The number of H-pyrrole nitrogens is 1. The average molecular weight is 267 g/mol. The minimum absolute atomic E-state index is 0.546. The fourth-order valence-electron chi connectivity index (χ4n) is 2.43. The van der Waals surface area contributed by atoms with Gasteiger partial charge in [0.1, 0.15) is 16.3 Å². The lowest BCUT2D eigenvalue weighted by Gasteiger charge is -2.21. The lowest BCUT2D eigenvalue weighted by Crippen LogP contribution is -2.13. The van der Waals surface area contributed by atoms with Crippen molar-refractivity contribution in [3.8, 4) is 0 Å². The molecule has 1 saturated carbocycles. The summed E-state index contributed by atoms with van der Waals surface area (Å²) >= 11 is 5.23. The number of nitrogens with zero attached hydrogens (tertiary/aromatic N) is 1. The zero-order valence-electron chi connectivity index (χ0n) is 10.9. The van der Waals surface area contributed by atoms with E-state index in [9.17, 15) is 0 Å². The number of aromatic nitrogens is 2. The quantitative estimate of drug-likeness (QED) is 0.635. The Bertz CT molecular complexity index is 426. The molecule has 0 saturated heterocycles. The van der Waals surface area contributed by atoms with Crippen molar-refractivity contribution in [3.63, 3.8) is 0 Å². The fraction of sp³-hybridized carbons (Fsp3) is 0.692. The highest BCUT2D eigenvalue weighted by atomic mass is 32.1. The monoisotopic (exact) mass is 267 g/mol. The molecule has 1 aliphatic carbocycles. The third-order valence-corrected chi connectivity index (χ3v) is 3.58. The molecule has 0 radical (unpaired) electrons. The zero-order chi connectivity index (χ0) is 12.8. The maximum atomic E-state index is 5.23. The Morgan fingerprint density at radius 2 is 2.22 bits per heavy atom. The largest absolute Gasteiger partial charge is 0.383 e. The third kappa shape index (κ3) is 3.78. The minimum Gasteiger partial charge on any atom is -0.383 e. The number of aromatic amines is 1. The normalized spacial score (nSPS) is 16.7. The first-order valence-corrected chi connectivity index (χ1v) is 7.04. The molecule has 1 aromatic heterocycles. The van der Waals surface area contributed by atoms with Crippen LogP contribution in [0.15, 0.2) is 6.07 Å².